The Labute approximate surface area is 186 Å². The number of fused-ring (bicyclic) bond motifs is 1. The van der Waals surface area contributed by atoms with E-state index >= 15 is 0 Å². The largest absolute Gasteiger partial charge is 0.355 e. The second-order valence-corrected chi connectivity index (χ2v) is 9.03. The topological polar surface area (TPSA) is 46.9 Å². The number of hydrogen-bond acceptors (Lipinski definition) is 2. The van der Waals surface area contributed by atoms with Gasteiger partial charge in [0.1, 0.15) is 5.82 Å². The molecule has 1 N–H and O–H groups in total. The van der Waals surface area contributed by atoms with Crippen molar-refractivity contribution in [2.75, 3.05) is 6.54 Å². The Morgan fingerprint density at radius 3 is 2.58 bits per heavy atom. The summed E-state index contributed by atoms with van der Waals surface area (Å²) >= 11 is 0. The number of carbonyl (C=O) groups is 1. The molecule has 1 unspecified atom stereocenters. The van der Waals surface area contributed by atoms with Gasteiger partial charge in [0, 0.05) is 25.4 Å². The molecule has 0 spiro atoms. The lowest BCUT2D eigenvalue weighted by Gasteiger charge is -2.20. The molecule has 0 aliphatic heterocycles. The fourth-order valence-corrected chi connectivity index (χ4v) is 4.67. The first-order chi connectivity index (χ1) is 15.2. The fraction of sp³-hybridized carbons (Fsp3) is 0.481. The number of rotatable bonds is 8. The predicted molar refractivity (Wildman–Crippen MR) is 127 cm³/mol. The van der Waals surface area contributed by atoms with Gasteiger partial charge in [-0.15, -0.1) is 0 Å². The maximum atomic E-state index is 12.5. The van der Waals surface area contributed by atoms with Crippen molar-refractivity contribution in [3.63, 3.8) is 0 Å². The molecule has 4 heteroatoms. The molecular weight excluding hydrogens is 382 g/mol. The van der Waals surface area contributed by atoms with Crippen LogP contribution < -0.4 is 5.32 Å². The van der Waals surface area contributed by atoms with Gasteiger partial charge in [0.05, 0.1) is 11.0 Å². The molecule has 4 nitrogen and oxygen atoms in total. The second-order valence-electron chi connectivity index (χ2n) is 9.03. The summed E-state index contributed by atoms with van der Waals surface area (Å²) in [5.74, 6) is 2.06. The third-order valence-corrected chi connectivity index (χ3v) is 6.86. The first-order valence-electron chi connectivity index (χ1n) is 12.0. The minimum absolute atomic E-state index is 0.205. The van der Waals surface area contributed by atoms with Crippen LogP contribution in [0, 0.1) is 5.92 Å². The summed E-state index contributed by atoms with van der Waals surface area (Å²) in [5.41, 5.74) is 4.85. The van der Waals surface area contributed by atoms with Crippen LogP contribution in [0.2, 0.25) is 0 Å². The number of nitrogens with one attached hydrogen (secondary N) is 1. The third-order valence-electron chi connectivity index (χ3n) is 6.86. The van der Waals surface area contributed by atoms with Crippen molar-refractivity contribution < 1.29 is 4.79 Å². The molecule has 31 heavy (non-hydrogen) atoms. The molecule has 1 aliphatic carbocycles. The number of para-hydroxylation sites is 2. The molecule has 0 saturated heterocycles. The summed E-state index contributed by atoms with van der Waals surface area (Å²) in [6.07, 6.45) is 7.62. The van der Waals surface area contributed by atoms with Gasteiger partial charge in [0.25, 0.3) is 0 Å². The SMILES string of the molecule is CCC(C)c1ccc(Cn2c(CCNC(=O)C3CCCCC3)nc3ccccc32)cc1. The molecule has 1 saturated carbocycles. The smallest absolute Gasteiger partial charge is 0.223 e. The van der Waals surface area contributed by atoms with Crippen LogP contribution in [-0.4, -0.2) is 22.0 Å². The van der Waals surface area contributed by atoms with E-state index < -0.39 is 0 Å². The average molecular weight is 418 g/mol. The Balaban J connectivity index is 1.47. The number of amides is 1. The molecule has 1 fully saturated rings. The highest BCUT2D eigenvalue weighted by Crippen LogP contribution is 2.24. The fourth-order valence-electron chi connectivity index (χ4n) is 4.67. The first kappa shape index (κ1) is 21.6. The molecule has 1 aliphatic rings. The highest BCUT2D eigenvalue weighted by Gasteiger charge is 2.21. The van der Waals surface area contributed by atoms with Gasteiger partial charge in [0.2, 0.25) is 5.91 Å². The Morgan fingerprint density at radius 1 is 1.10 bits per heavy atom. The first-order valence-corrected chi connectivity index (χ1v) is 12.0. The number of nitrogens with zero attached hydrogens (tertiary/aromatic N) is 2. The Bertz CT molecular complexity index is 999. The van der Waals surface area contributed by atoms with E-state index in [0.29, 0.717) is 12.5 Å². The molecular formula is C27H35N3O. The zero-order chi connectivity index (χ0) is 21.6. The van der Waals surface area contributed by atoms with Crippen molar-refractivity contribution in [1.29, 1.82) is 0 Å². The lowest BCUT2D eigenvalue weighted by molar-refractivity contribution is -0.125. The predicted octanol–water partition coefficient (Wildman–Crippen LogP) is 5.84. The van der Waals surface area contributed by atoms with Gasteiger partial charge in [-0.25, -0.2) is 4.98 Å². The van der Waals surface area contributed by atoms with Crippen LogP contribution in [0.3, 0.4) is 0 Å². The summed E-state index contributed by atoms with van der Waals surface area (Å²) < 4.78 is 2.31. The molecule has 1 heterocycles. The van der Waals surface area contributed by atoms with Crippen molar-refractivity contribution in [3.05, 3.63) is 65.5 Å². The Kier molecular flexibility index (Phi) is 7.06. The lowest BCUT2D eigenvalue weighted by atomic mass is 9.89. The monoisotopic (exact) mass is 417 g/mol. The number of carbonyl (C=O) groups excluding carboxylic acids is 1. The summed E-state index contributed by atoms with van der Waals surface area (Å²) in [5, 5.41) is 3.17. The van der Waals surface area contributed by atoms with Gasteiger partial charge >= 0.3 is 0 Å². The van der Waals surface area contributed by atoms with E-state index in [1.165, 1.54) is 30.4 Å². The van der Waals surface area contributed by atoms with Crippen LogP contribution in [0.4, 0.5) is 0 Å². The van der Waals surface area contributed by atoms with E-state index in [4.69, 9.17) is 4.98 Å². The van der Waals surface area contributed by atoms with E-state index in [2.05, 4.69) is 66.2 Å². The average Bonchev–Trinajstić information content (AvgIpc) is 3.16. The van der Waals surface area contributed by atoms with Crippen molar-refractivity contribution in [1.82, 2.24) is 14.9 Å². The molecule has 0 radical (unpaired) electrons. The van der Waals surface area contributed by atoms with Gasteiger partial charge in [-0.05, 0) is 48.4 Å². The van der Waals surface area contributed by atoms with Crippen LogP contribution in [0.25, 0.3) is 11.0 Å². The summed E-state index contributed by atoms with van der Waals surface area (Å²) in [6, 6.07) is 17.3. The van der Waals surface area contributed by atoms with E-state index in [0.717, 1.165) is 49.1 Å². The molecule has 164 valence electrons. The minimum Gasteiger partial charge on any atom is -0.355 e. The molecule has 4 rings (SSSR count). The normalized spacial score (nSPS) is 15.8. The summed E-state index contributed by atoms with van der Waals surface area (Å²) in [4.78, 5) is 17.4. The molecule has 1 atom stereocenters. The number of imidazole rings is 1. The number of aromatic nitrogens is 2. The van der Waals surface area contributed by atoms with Crippen LogP contribution in [-0.2, 0) is 17.8 Å². The van der Waals surface area contributed by atoms with E-state index in [1.54, 1.807) is 0 Å². The van der Waals surface area contributed by atoms with Gasteiger partial charge in [0.15, 0.2) is 0 Å². The third kappa shape index (κ3) is 5.17. The number of hydrogen-bond donors (Lipinski definition) is 1. The van der Waals surface area contributed by atoms with Gasteiger partial charge < -0.3 is 9.88 Å². The van der Waals surface area contributed by atoms with Crippen molar-refractivity contribution in [2.45, 2.75) is 71.3 Å². The zero-order valence-corrected chi connectivity index (χ0v) is 18.9. The number of benzene rings is 2. The highest BCUT2D eigenvalue weighted by atomic mass is 16.1. The standard InChI is InChI=1S/C27H35N3O/c1-3-20(2)22-15-13-21(14-16-22)19-30-25-12-8-7-11-24(25)29-26(30)17-18-28-27(31)23-9-5-4-6-10-23/h7-8,11-16,20,23H,3-6,9-10,17-19H2,1-2H3,(H,28,31). The zero-order valence-electron chi connectivity index (χ0n) is 18.9. The minimum atomic E-state index is 0.205. The Hall–Kier alpha value is -2.62. The molecule has 1 aromatic heterocycles. The van der Waals surface area contributed by atoms with Gasteiger partial charge in [-0.2, -0.15) is 0 Å². The quantitative estimate of drug-likeness (QED) is 0.501. The summed E-state index contributed by atoms with van der Waals surface area (Å²) in [6.45, 7) is 5.95. The van der Waals surface area contributed by atoms with Crippen molar-refractivity contribution in [3.8, 4) is 0 Å². The lowest BCUT2D eigenvalue weighted by Crippen LogP contribution is -2.33. The molecule has 1 amide bonds. The molecule has 0 bridgehead atoms. The molecule has 3 aromatic rings. The van der Waals surface area contributed by atoms with Crippen LogP contribution >= 0.6 is 0 Å². The van der Waals surface area contributed by atoms with Crippen LogP contribution in [0.5, 0.6) is 0 Å². The van der Waals surface area contributed by atoms with E-state index in [9.17, 15) is 4.79 Å². The van der Waals surface area contributed by atoms with E-state index in [-0.39, 0.29) is 11.8 Å². The van der Waals surface area contributed by atoms with Gasteiger partial charge in [-0.1, -0.05) is 69.5 Å². The maximum Gasteiger partial charge on any atom is 0.223 e. The van der Waals surface area contributed by atoms with Gasteiger partial charge in [-0.3, -0.25) is 4.79 Å². The molecule has 2 aromatic carbocycles. The second kappa shape index (κ2) is 10.1. The van der Waals surface area contributed by atoms with Crippen LogP contribution in [0.15, 0.2) is 48.5 Å². The van der Waals surface area contributed by atoms with Crippen molar-refractivity contribution in [2.24, 2.45) is 5.92 Å². The Morgan fingerprint density at radius 2 is 1.84 bits per heavy atom. The van der Waals surface area contributed by atoms with Crippen LogP contribution in [0.1, 0.15) is 75.2 Å². The van der Waals surface area contributed by atoms with E-state index in [1.807, 2.05) is 6.07 Å². The highest BCUT2D eigenvalue weighted by molar-refractivity contribution is 5.79. The summed E-state index contributed by atoms with van der Waals surface area (Å²) in [7, 11) is 0. The maximum absolute atomic E-state index is 12.5. The van der Waals surface area contributed by atoms with Crippen molar-refractivity contribution >= 4 is 16.9 Å².